The second-order valence-corrected chi connectivity index (χ2v) is 2.96. The molecular formula is C9H14N2O. The lowest BCUT2D eigenvalue weighted by molar-refractivity contribution is 0.527. The minimum Gasteiger partial charge on any atom is -0.328 e. The number of hydrogen-bond donors (Lipinski definition) is 1. The van der Waals surface area contributed by atoms with Crippen LogP contribution in [0.3, 0.4) is 0 Å². The quantitative estimate of drug-likeness (QED) is 0.702. The maximum atomic E-state index is 11.3. The van der Waals surface area contributed by atoms with Gasteiger partial charge < -0.3 is 10.3 Å². The van der Waals surface area contributed by atoms with Crippen molar-refractivity contribution in [3.63, 3.8) is 0 Å². The molecule has 0 aliphatic rings. The molecule has 0 aromatic carbocycles. The number of rotatable bonds is 2. The van der Waals surface area contributed by atoms with Crippen molar-refractivity contribution < 1.29 is 0 Å². The Labute approximate surface area is 71.8 Å². The minimum absolute atomic E-state index is 0.0213. The van der Waals surface area contributed by atoms with Gasteiger partial charge in [0.1, 0.15) is 0 Å². The summed E-state index contributed by atoms with van der Waals surface area (Å²) < 4.78 is 1.71. The maximum Gasteiger partial charge on any atom is 0.250 e. The Balaban J connectivity index is 3.21. The molecule has 0 fully saturated rings. The van der Waals surface area contributed by atoms with Gasteiger partial charge in [-0.25, -0.2) is 0 Å². The van der Waals surface area contributed by atoms with Crippen molar-refractivity contribution in [1.82, 2.24) is 4.57 Å². The van der Waals surface area contributed by atoms with Gasteiger partial charge in [-0.15, -0.1) is 0 Å². The highest BCUT2D eigenvalue weighted by molar-refractivity contribution is 5.05. The highest BCUT2D eigenvalue weighted by Crippen LogP contribution is 2.03. The fraction of sp³-hybridized carbons (Fsp3) is 0.444. The summed E-state index contributed by atoms with van der Waals surface area (Å²) in [6.45, 7) is 4.34. The van der Waals surface area contributed by atoms with Crippen molar-refractivity contribution in [2.24, 2.45) is 5.73 Å². The molecule has 0 spiro atoms. The van der Waals surface area contributed by atoms with Crippen LogP contribution in [0.25, 0.3) is 0 Å². The number of aryl methyl sites for hydroxylation is 1. The van der Waals surface area contributed by atoms with Crippen LogP contribution in [-0.2, 0) is 0 Å². The zero-order valence-corrected chi connectivity index (χ0v) is 7.45. The fourth-order valence-corrected chi connectivity index (χ4v) is 1.27. The second-order valence-electron chi connectivity index (χ2n) is 2.96. The highest BCUT2D eigenvalue weighted by atomic mass is 16.1. The summed E-state index contributed by atoms with van der Waals surface area (Å²) in [7, 11) is 0. The Morgan fingerprint density at radius 1 is 1.58 bits per heavy atom. The zero-order chi connectivity index (χ0) is 9.14. The first kappa shape index (κ1) is 9.00. The van der Waals surface area contributed by atoms with Crippen LogP contribution in [0.5, 0.6) is 0 Å². The molecule has 0 aliphatic carbocycles. The zero-order valence-electron chi connectivity index (χ0n) is 7.45. The molecule has 1 aromatic rings. The molecule has 0 radical (unpaired) electrons. The highest BCUT2D eigenvalue weighted by Gasteiger charge is 2.05. The number of nitrogens with zero attached hydrogens (tertiary/aromatic N) is 1. The van der Waals surface area contributed by atoms with Crippen molar-refractivity contribution in [2.45, 2.75) is 19.9 Å². The van der Waals surface area contributed by atoms with Crippen LogP contribution < -0.4 is 11.3 Å². The van der Waals surface area contributed by atoms with Crippen molar-refractivity contribution in [2.75, 3.05) is 6.54 Å². The van der Waals surface area contributed by atoms with Gasteiger partial charge in [0.05, 0.1) is 0 Å². The van der Waals surface area contributed by atoms with Gasteiger partial charge in [-0.3, -0.25) is 4.79 Å². The number of nitrogens with two attached hydrogens (primary N) is 1. The largest absolute Gasteiger partial charge is 0.328 e. The van der Waals surface area contributed by atoms with Gasteiger partial charge in [-0.2, -0.15) is 0 Å². The normalized spacial score (nSPS) is 12.9. The van der Waals surface area contributed by atoms with Crippen molar-refractivity contribution in [3.05, 3.63) is 34.2 Å². The molecule has 0 saturated heterocycles. The predicted molar refractivity (Wildman–Crippen MR) is 49.2 cm³/mol. The molecular weight excluding hydrogens is 152 g/mol. The summed E-state index contributed by atoms with van der Waals surface area (Å²) in [5.74, 6) is 0. The Bertz CT molecular complexity index is 317. The van der Waals surface area contributed by atoms with E-state index in [9.17, 15) is 4.79 Å². The van der Waals surface area contributed by atoms with Crippen molar-refractivity contribution >= 4 is 0 Å². The monoisotopic (exact) mass is 166 g/mol. The minimum atomic E-state index is 0.0213. The van der Waals surface area contributed by atoms with Gasteiger partial charge in [-0.1, -0.05) is 6.07 Å². The standard InChI is InChI=1S/C9H14N2O/c1-7-4-3-5-9(12)11(7)8(2)6-10/h3-5,8H,6,10H2,1-2H3. The van der Waals surface area contributed by atoms with Crippen LogP contribution in [0.4, 0.5) is 0 Å². The van der Waals surface area contributed by atoms with E-state index in [1.54, 1.807) is 16.7 Å². The lowest BCUT2D eigenvalue weighted by Gasteiger charge is -2.15. The molecule has 12 heavy (non-hydrogen) atoms. The van der Waals surface area contributed by atoms with E-state index >= 15 is 0 Å². The van der Waals surface area contributed by atoms with Gasteiger partial charge in [0.2, 0.25) is 0 Å². The molecule has 1 rings (SSSR count). The number of pyridine rings is 1. The van der Waals surface area contributed by atoms with E-state index in [-0.39, 0.29) is 11.6 Å². The van der Waals surface area contributed by atoms with Crippen LogP contribution in [0.1, 0.15) is 18.7 Å². The van der Waals surface area contributed by atoms with E-state index in [0.717, 1.165) is 5.69 Å². The van der Waals surface area contributed by atoms with Gasteiger partial charge in [0.15, 0.2) is 0 Å². The van der Waals surface area contributed by atoms with E-state index in [1.807, 2.05) is 19.9 Å². The molecule has 0 saturated carbocycles. The average Bonchev–Trinajstić information content (AvgIpc) is 2.03. The summed E-state index contributed by atoms with van der Waals surface area (Å²) >= 11 is 0. The van der Waals surface area contributed by atoms with Gasteiger partial charge >= 0.3 is 0 Å². The Morgan fingerprint density at radius 2 is 2.25 bits per heavy atom. The SMILES string of the molecule is Cc1cccc(=O)n1C(C)CN. The van der Waals surface area contributed by atoms with Gasteiger partial charge in [0, 0.05) is 24.3 Å². The van der Waals surface area contributed by atoms with Crippen molar-refractivity contribution in [3.8, 4) is 0 Å². The summed E-state index contributed by atoms with van der Waals surface area (Å²) in [5.41, 5.74) is 6.46. The molecule has 0 amide bonds. The third kappa shape index (κ3) is 1.56. The van der Waals surface area contributed by atoms with Crippen LogP contribution in [0.2, 0.25) is 0 Å². The van der Waals surface area contributed by atoms with E-state index in [0.29, 0.717) is 6.54 Å². The molecule has 1 unspecified atom stereocenters. The molecule has 0 bridgehead atoms. The van der Waals surface area contributed by atoms with E-state index in [1.165, 1.54) is 0 Å². The predicted octanol–water partition coefficient (Wildman–Crippen LogP) is 0.676. The number of hydrogen-bond acceptors (Lipinski definition) is 2. The second kappa shape index (κ2) is 3.54. The molecule has 3 heteroatoms. The van der Waals surface area contributed by atoms with Crippen LogP contribution >= 0.6 is 0 Å². The van der Waals surface area contributed by atoms with Crippen LogP contribution in [0.15, 0.2) is 23.0 Å². The molecule has 66 valence electrons. The molecule has 1 atom stereocenters. The third-order valence-electron chi connectivity index (χ3n) is 1.98. The fourth-order valence-electron chi connectivity index (χ4n) is 1.27. The third-order valence-corrected chi connectivity index (χ3v) is 1.98. The summed E-state index contributed by atoms with van der Waals surface area (Å²) in [4.78, 5) is 11.3. The van der Waals surface area contributed by atoms with E-state index < -0.39 is 0 Å². The lowest BCUT2D eigenvalue weighted by atomic mass is 10.2. The van der Waals surface area contributed by atoms with Crippen molar-refractivity contribution in [1.29, 1.82) is 0 Å². The Kier molecular flexibility index (Phi) is 2.65. The summed E-state index contributed by atoms with van der Waals surface area (Å²) in [6.07, 6.45) is 0. The van der Waals surface area contributed by atoms with E-state index in [2.05, 4.69) is 0 Å². The Hall–Kier alpha value is -1.09. The molecule has 1 heterocycles. The maximum absolute atomic E-state index is 11.3. The molecule has 3 nitrogen and oxygen atoms in total. The Morgan fingerprint density at radius 3 is 2.75 bits per heavy atom. The topological polar surface area (TPSA) is 48.0 Å². The summed E-state index contributed by atoms with van der Waals surface area (Å²) in [6, 6.07) is 5.31. The first-order valence-electron chi connectivity index (χ1n) is 4.05. The van der Waals surface area contributed by atoms with Gasteiger partial charge in [0.25, 0.3) is 5.56 Å². The summed E-state index contributed by atoms with van der Waals surface area (Å²) in [5, 5.41) is 0. The first-order chi connectivity index (χ1) is 5.66. The smallest absolute Gasteiger partial charge is 0.250 e. The lowest BCUT2D eigenvalue weighted by Crippen LogP contribution is -2.28. The molecule has 0 aliphatic heterocycles. The molecule has 2 N–H and O–H groups in total. The molecule has 1 aromatic heterocycles. The van der Waals surface area contributed by atoms with Crippen LogP contribution in [-0.4, -0.2) is 11.1 Å². The first-order valence-corrected chi connectivity index (χ1v) is 4.05. The average molecular weight is 166 g/mol. The number of aromatic nitrogens is 1. The van der Waals surface area contributed by atoms with Crippen LogP contribution in [0, 0.1) is 6.92 Å². The van der Waals surface area contributed by atoms with Gasteiger partial charge in [-0.05, 0) is 19.9 Å². The van der Waals surface area contributed by atoms with E-state index in [4.69, 9.17) is 5.73 Å².